The second kappa shape index (κ2) is 10.9. The van der Waals surface area contributed by atoms with Crippen molar-refractivity contribution in [3.63, 3.8) is 0 Å². The highest BCUT2D eigenvalue weighted by Crippen LogP contribution is 2.27. The van der Waals surface area contributed by atoms with Gasteiger partial charge in [-0.3, -0.25) is 9.59 Å². The molecular formula is C24H36N4O2S. The lowest BCUT2D eigenvalue weighted by atomic mass is 9.86. The maximum Gasteiger partial charge on any atom is 0.243 e. The highest BCUT2D eigenvalue weighted by atomic mass is 32.1. The summed E-state index contributed by atoms with van der Waals surface area (Å²) in [6.45, 7) is 12.8. The first kappa shape index (κ1) is 25.0. The number of rotatable bonds is 5. The largest absolute Gasteiger partial charge is 0.350 e. The zero-order valence-corrected chi connectivity index (χ0v) is 20.4. The Hall–Kier alpha value is -2.25. The monoisotopic (exact) mass is 444 g/mol. The van der Waals surface area contributed by atoms with Crippen LogP contribution in [0.15, 0.2) is 29.8 Å². The van der Waals surface area contributed by atoms with Crippen LogP contribution in [0.25, 0.3) is 10.4 Å². The van der Waals surface area contributed by atoms with Crippen molar-refractivity contribution in [3.05, 3.63) is 41.0 Å². The van der Waals surface area contributed by atoms with Gasteiger partial charge >= 0.3 is 0 Å². The maximum atomic E-state index is 12.8. The molecule has 6 nitrogen and oxygen atoms in total. The second-order valence-electron chi connectivity index (χ2n) is 8.71. The molecule has 3 N–H and O–H groups in total. The van der Waals surface area contributed by atoms with E-state index in [4.69, 9.17) is 5.73 Å². The van der Waals surface area contributed by atoms with Crippen LogP contribution in [0.1, 0.15) is 58.7 Å². The van der Waals surface area contributed by atoms with Crippen molar-refractivity contribution in [2.45, 2.75) is 73.0 Å². The van der Waals surface area contributed by atoms with E-state index in [2.05, 4.69) is 22.4 Å². The summed E-state index contributed by atoms with van der Waals surface area (Å²) < 4.78 is 0. The van der Waals surface area contributed by atoms with Gasteiger partial charge in [0.05, 0.1) is 22.1 Å². The van der Waals surface area contributed by atoms with Crippen LogP contribution in [-0.4, -0.2) is 40.3 Å². The van der Waals surface area contributed by atoms with E-state index in [0.717, 1.165) is 28.1 Å². The molecular weight excluding hydrogens is 408 g/mol. The fraction of sp³-hybridized carbons (Fsp3) is 0.542. The molecule has 0 spiro atoms. The molecule has 1 saturated heterocycles. The van der Waals surface area contributed by atoms with E-state index in [1.807, 2.05) is 59.2 Å². The number of benzene rings is 1. The van der Waals surface area contributed by atoms with Gasteiger partial charge in [-0.25, -0.2) is 4.98 Å². The average Bonchev–Trinajstić information content (AvgIpc) is 3.41. The van der Waals surface area contributed by atoms with Gasteiger partial charge in [-0.15, -0.1) is 11.3 Å². The molecule has 1 aromatic heterocycles. The molecule has 31 heavy (non-hydrogen) atoms. The Morgan fingerprint density at radius 2 is 1.90 bits per heavy atom. The van der Waals surface area contributed by atoms with Crippen molar-refractivity contribution in [1.82, 2.24) is 15.2 Å². The molecule has 0 radical (unpaired) electrons. The Balaban J connectivity index is 0.00000166. The van der Waals surface area contributed by atoms with Gasteiger partial charge in [0.15, 0.2) is 0 Å². The molecule has 0 aliphatic carbocycles. The van der Waals surface area contributed by atoms with Gasteiger partial charge in [-0.2, -0.15) is 0 Å². The Kier molecular flexibility index (Phi) is 8.77. The van der Waals surface area contributed by atoms with Crippen molar-refractivity contribution < 1.29 is 9.59 Å². The number of likely N-dealkylation sites (tertiary alicyclic amines) is 1. The first-order valence-electron chi connectivity index (χ1n) is 11.0. The summed E-state index contributed by atoms with van der Waals surface area (Å²) in [6, 6.07) is 7.09. The zero-order chi connectivity index (χ0) is 23.2. The van der Waals surface area contributed by atoms with E-state index in [9.17, 15) is 9.59 Å². The second-order valence-corrected chi connectivity index (χ2v) is 9.57. The van der Waals surface area contributed by atoms with Gasteiger partial charge in [0, 0.05) is 13.1 Å². The van der Waals surface area contributed by atoms with Gasteiger partial charge in [-0.1, -0.05) is 58.9 Å². The number of hydrogen-bond acceptors (Lipinski definition) is 5. The maximum absolute atomic E-state index is 12.8. The standard InChI is InChI=1S/C22H30N4O2S.C2H6/c1-14-18(29-13-25-14)16-9-7-15(8-10-16)12-24-20(27)17-6-5-11-26(17)21(28)19(23)22(2,3)4;1-2/h7-10,13,17,19H,5-6,11-12,23H2,1-4H3,(H,24,27);1-2H3. The summed E-state index contributed by atoms with van der Waals surface area (Å²) in [6.07, 6.45) is 1.50. The number of hydrogen-bond donors (Lipinski definition) is 2. The van der Waals surface area contributed by atoms with Crippen LogP contribution in [-0.2, 0) is 16.1 Å². The predicted molar refractivity (Wildman–Crippen MR) is 128 cm³/mol. The van der Waals surface area contributed by atoms with Crippen molar-refractivity contribution in [2.24, 2.45) is 11.1 Å². The first-order chi connectivity index (χ1) is 14.7. The van der Waals surface area contributed by atoms with Crippen LogP contribution in [0.3, 0.4) is 0 Å². The summed E-state index contributed by atoms with van der Waals surface area (Å²) in [7, 11) is 0. The van der Waals surface area contributed by atoms with Gasteiger partial charge in [0.2, 0.25) is 11.8 Å². The third-order valence-electron chi connectivity index (χ3n) is 5.47. The number of carbonyl (C=O) groups excluding carboxylic acids is 2. The Morgan fingerprint density at radius 1 is 1.26 bits per heavy atom. The third kappa shape index (κ3) is 6.14. The summed E-state index contributed by atoms with van der Waals surface area (Å²) in [5.74, 6) is -0.251. The number of nitrogens with zero attached hydrogens (tertiary/aromatic N) is 2. The van der Waals surface area contributed by atoms with E-state index >= 15 is 0 Å². The van der Waals surface area contributed by atoms with Crippen molar-refractivity contribution >= 4 is 23.2 Å². The summed E-state index contributed by atoms with van der Waals surface area (Å²) >= 11 is 1.62. The number of aryl methyl sites for hydroxylation is 1. The van der Waals surface area contributed by atoms with Crippen LogP contribution < -0.4 is 11.1 Å². The molecule has 0 bridgehead atoms. The van der Waals surface area contributed by atoms with Crippen LogP contribution in [0, 0.1) is 12.3 Å². The number of amides is 2. The number of nitrogens with one attached hydrogen (secondary N) is 1. The summed E-state index contributed by atoms with van der Waals surface area (Å²) in [5, 5.41) is 2.99. The topological polar surface area (TPSA) is 88.3 Å². The van der Waals surface area contributed by atoms with Gasteiger partial charge < -0.3 is 16.0 Å². The lowest BCUT2D eigenvalue weighted by Crippen LogP contribution is -2.54. The fourth-order valence-electron chi connectivity index (χ4n) is 3.51. The first-order valence-corrected chi connectivity index (χ1v) is 11.9. The number of carbonyl (C=O) groups is 2. The minimum absolute atomic E-state index is 0.112. The molecule has 2 atom stereocenters. The third-order valence-corrected chi connectivity index (χ3v) is 6.44. The minimum atomic E-state index is -0.612. The van der Waals surface area contributed by atoms with E-state index in [0.29, 0.717) is 19.5 Å². The average molecular weight is 445 g/mol. The lowest BCUT2D eigenvalue weighted by Gasteiger charge is -2.32. The summed E-state index contributed by atoms with van der Waals surface area (Å²) in [5.41, 5.74) is 10.8. The van der Waals surface area contributed by atoms with Crippen LogP contribution in [0.2, 0.25) is 0 Å². The van der Waals surface area contributed by atoms with Gasteiger partial charge in [0.25, 0.3) is 0 Å². The number of aromatic nitrogens is 1. The van der Waals surface area contributed by atoms with E-state index in [1.165, 1.54) is 0 Å². The van der Waals surface area contributed by atoms with E-state index in [-0.39, 0.29) is 17.2 Å². The SMILES string of the molecule is CC.Cc1ncsc1-c1ccc(CNC(=O)C2CCCN2C(=O)C(N)C(C)(C)C)cc1. The molecule has 1 fully saturated rings. The lowest BCUT2D eigenvalue weighted by molar-refractivity contribution is -0.141. The molecule has 2 unspecified atom stereocenters. The highest BCUT2D eigenvalue weighted by Gasteiger charge is 2.39. The molecule has 2 amide bonds. The molecule has 3 rings (SSSR count). The molecule has 1 aromatic carbocycles. The molecule has 7 heteroatoms. The van der Waals surface area contributed by atoms with E-state index in [1.54, 1.807) is 16.2 Å². The fourth-order valence-corrected chi connectivity index (χ4v) is 4.32. The minimum Gasteiger partial charge on any atom is -0.350 e. The highest BCUT2D eigenvalue weighted by molar-refractivity contribution is 7.13. The zero-order valence-electron chi connectivity index (χ0n) is 19.6. The smallest absolute Gasteiger partial charge is 0.243 e. The Labute approximate surface area is 190 Å². The molecule has 2 heterocycles. The van der Waals surface area contributed by atoms with Crippen molar-refractivity contribution in [2.75, 3.05) is 6.54 Å². The van der Waals surface area contributed by atoms with Gasteiger partial charge in [-0.05, 0) is 36.3 Å². The number of nitrogens with two attached hydrogens (primary N) is 1. The van der Waals surface area contributed by atoms with Crippen molar-refractivity contribution in [1.29, 1.82) is 0 Å². The van der Waals surface area contributed by atoms with Gasteiger partial charge in [0.1, 0.15) is 6.04 Å². The Bertz CT molecular complexity index is 870. The number of thiazole rings is 1. The normalized spacial score (nSPS) is 17.0. The molecule has 0 saturated carbocycles. The van der Waals surface area contributed by atoms with E-state index < -0.39 is 12.1 Å². The molecule has 170 valence electrons. The quantitative estimate of drug-likeness (QED) is 0.726. The van der Waals surface area contributed by atoms with Crippen LogP contribution >= 0.6 is 11.3 Å². The summed E-state index contributed by atoms with van der Waals surface area (Å²) in [4.78, 5) is 32.6. The molecule has 1 aliphatic heterocycles. The predicted octanol–water partition coefficient (Wildman–Crippen LogP) is 4.13. The van der Waals surface area contributed by atoms with Crippen LogP contribution in [0.5, 0.6) is 0 Å². The molecule has 2 aromatic rings. The molecule has 1 aliphatic rings. The van der Waals surface area contributed by atoms with Crippen LogP contribution in [0.4, 0.5) is 0 Å². The Morgan fingerprint density at radius 3 is 2.45 bits per heavy atom. The van der Waals surface area contributed by atoms with Crippen molar-refractivity contribution in [3.8, 4) is 10.4 Å².